The first kappa shape index (κ1) is 20.6. The number of nitrogens with one attached hydrogen (secondary N) is 1. The molecule has 2 heterocycles. The van der Waals surface area contributed by atoms with Gasteiger partial charge in [0.05, 0.1) is 15.9 Å². The first-order valence-electron chi connectivity index (χ1n) is 10.2. The van der Waals surface area contributed by atoms with Crippen molar-refractivity contribution in [2.75, 3.05) is 43.4 Å². The van der Waals surface area contributed by atoms with Gasteiger partial charge in [0.2, 0.25) is 0 Å². The molecule has 8 heteroatoms. The molecular formula is C22H27N5O2S. The summed E-state index contributed by atoms with van der Waals surface area (Å²) < 4.78 is 28.5. The van der Waals surface area contributed by atoms with Crippen LogP contribution in [0.3, 0.4) is 0 Å². The number of fused-ring (bicyclic) bond motifs is 1. The lowest BCUT2D eigenvalue weighted by atomic mass is 9.97. The topological polar surface area (TPSA) is 78.4 Å². The van der Waals surface area contributed by atoms with Gasteiger partial charge in [-0.2, -0.15) is 0 Å². The van der Waals surface area contributed by atoms with Crippen LogP contribution in [0.1, 0.15) is 12.8 Å². The SMILES string of the molecule is CN1CCC(CN(C)c2nc3ccccc3nc2NS(=O)(=O)c2ccccc2)CC1. The highest BCUT2D eigenvalue weighted by Gasteiger charge is 2.23. The molecule has 0 atom stereocenters. The molecule has 3 aromatic rings. The van der Waals surface area contributed by atoms with Crippen LogP contribution in [0.2, 0.25) is 0 Å². The maximum Gasteiger partial charge on any atom is 0.263 e. The molecule has 1 aromatic heterocycles. The van der Waals surface area contributed by atoms with Crippen molar-refractivity contribution in [1.82, 2.24) is 14.9 Å². The Morgan fingerprint density at radius 1 is 1.00 bits per heavy atom. The molecule has 0 amide bonds. The normalized spacial score (nSPS) is 15.9. The lowest BCUT2D eigenvalue weighted by molar-refractivity contribution is 0.222. The monoisotopic (exact) mass is 425 g/mol. The molecule has 0 unspecified atom stereocenters. The number of benzene rings is 2. The molecule has 7 nitrogen and oxygen atoms in total. The molecule has 4 rings (SSSR count). The first-order chi connectivity index (χ1) is 14.4. The number of piperidine rings is 1. The second kappa shape index (κ2) is 8.57. The van der Waals surface area contributed by atoms with Gasteiger partial charge in [-0.25, -0.2) is 18.4 Å². The zero-order valence-corrected chi connectivity index (χ0v) is 18.1. The minimum Gasteiger partial charge on any atom is -0.356 e. The predicted molar refractivity (Wildman–Crippen MR) is 120 cm³/mol. The van der Waals surface area contributed by atoms with E-state index < -0.39 is 10.0 Å². The summed E-state index contributed by atoms with van der Waals surface area (Å²) in [6.45, 7) is 2.96. The van der Waals surface area contributed by atoms with Crippen molar-refractivity contribution in [2.45, 2.75) is 17.7 Å². The lowest BCUT2D eigenvalue weighted by Gasteiger charge is -2.32. The number of para-hydroxylation sites is 2. The maximum atomic E-state index is 12.9. The molecule has 0 radical (unpaired) electrons. The molecule has 158 valence electrons. The standard InChI is InChI=1S/C22H27N5O2S/c1-26-14-12-17(13-15-26)16-27(2)22-21(23-19-10-6-7-11-20(19)24-22)25-30(28,29)18-8-4-3-5-9-18/h3-11,17H,12-16H2,1-2H3,(H,23,25). The van der Waals surface area contributed by atoms with Gasteiger partial charge in [0.15, 0.2) is 11.6 Å². The van der Waals surface area contributed by atoms with Gasteiger partial charge in [-0.05, 0) is 63.2 Å². The number of rotatable bonds is 6. The summed E-state index contributed by atoms with van der Waals surface area (Å²) in [6, 6.07) is 15.8. The summed E-state index contributed by atoms with van der Waals surface area (Å²) >= 11 is 0. The number of aromatic nitrogens is 2. The molecule has 2 aromatic carbocycles. The Morgan fingerprint density at radius 3 is 2.27 bits per heavy atom. The Morgan fingerprint density at radius 2 is 1.60 bits per heavy atom. The Labute approximate surface area is 177 Å². The van der Waals surface area contributed by atoms with E-state index in [4.69, 9.17) is 4.98 Å². The summed E-state index contributed by atoms with van der Waals surface area (Å²) in [7, 11) is 0.336. The molecule has 1 aliphatic rings. The van der Waals surface area contributed by atoms with Crippen LogP contribution in [0.5, 0.6) is 0 Å². The quantitative estimate of drug-likeness (QED) is 0.653. The highest BCUT2D eigenvalue weighted by atomic mass is 32.2. The number of anilines is 2. The van der Waals surface area contributed by atoms with Crippen LogP contribution in [0.15, 0.2) is 59.5 Å². The van der Waals surface area contributed by atoms with Crippen molar-refractivity contribution >= 4 is 32.7 Å². The van der Waals surface area contributed by atoms with Crippen molar-refractivity contribution in [3.8, 4) is 0 Å². The van der Waals surface area contributed by atoms with Crippen LogP contribution in [0.25, 0.3) is 11.0 Å². The van der Waals surface area contributed by atoms with Crippen molar-refractivity contribution in [1.29, 1.82) is 0 Å². The summed E-state index contributed by atoms with van der Waals surface area (Å²) in [5, 5.41) is 0. The van der Waals surface area contributed by atoms with Crippen LogP contribution in [0.4, 0.5) is 11.6 Å². The van der Waals surface area contributed by atoms with E-state index in [9.17, 15) is 8.42 Å². The van der Waals surface area contributed by atoms with E-state index in [1.807, 2.05) is 36.2 Å². The molecule has 1 fully saturated rings. The third-order valence-corrected chi connectivity index (χ3v) is 6.92. The van der Waals surface area contributed by atoms with E-state index in [1.165, 1.54) is 0 Å². The Kier molecular flexibility index (Phi) is 5.87. The summed E-state index contributed by atoms with van der Waals surface area (Å²) in [5.74, 6) is 1.35. The Hall–Kier alpha value is -2.71. The molecule has 1 aliphatic heterocycles. The van der Waals surface area contributed by atoms with E-state index in [1.54, 1.807) is 30.3 Å². The molecule has 1 N–H and O–H groups in total. The molecule has 0 bridgehead atoms. The average Bonchev–Trinajstić information content (AvgIpc) is 2.75. The fourth-order valence-corrected chi connectivity index (χ4v) is 4.85. The van der Waals surface area contributed by atoms with E-state index in [0.717, 1.165) is 38.0 Å². The van der Waals surface area contributed by atoms with Crippen LogP contribution in [-0.2, 0) is 10.0 Å². The van der Waals surface area contributed by atoms with Crippen molar-refractivity contribution < 1.29 is 8.42 Å². The van der Waals surface area contributed by atoms with Gasteiger partial charge in [-0.1, -0.05) is 30.3 Å². The summed E-state index contributed by atoms with van der Waals surface area (Å²) in [4.78, 5) is 13.9. The van der Waals surface area contributed by atoms with Crippen molar-refractivity contribution in [2.24, 2.45) is 5.92 Å². The fraction of sp³-hybridized carbons (Fsp3) is 0.364. The Balaban J connectivity index is 1.67. The summed E-state index contributed by atoms with van der Waals surface area (Å²) in [5.41, 5.74) is 1.39. The van der Waals surface area contributed by atoms with E-state index in [-0.39, 0.29) is 10.7 Å². The van der Waals surface area contributed by atoms with Crippen LogP contribution in [-0.4, -0.2) is 57.0 Å². The molecular weight excluding hydrogens is 398 g/mol. The van der Waals surface area contributed by atoms with Gasteiger partial charge in [0.1, 0.15) is 0 Å². The maximum absolute atomic E-state index is 12.9. The lowest BCUT2D eigenvalue weighted by Crippen LogP contribution is -2.36. The molecule has 0 spiro atoms. The minimum absolute atomic E-state index is 0.198. The third-order valence-electron chi connectivity index (χ3n) is 5.57. The molecule has 1 saturated heterocycles. The number of nitrogens with zero attached hydrogens (tertiary/aromatic N) is 4. The van der Waals surface area contributed by atoms with Gasteiger partial charge >= 0.3 is 0 Å². The first-order valence-corrected chi connectivity index (χ1v) is 11.6. The predicted octanol–water partition coefficient (Wildman–Crippen LogP) is 3.21. The van der Waals surface area contributed by atoms with E-state index in [2.05, 4.69) is 21.7 Å². The van der Waals surface area contributed by atoms with Gasteiger partial charge in [-0.3, -0.25) is 4.72 Å². The largest absolute Gasteiger partial charge is 0.356 e. The zero-order chi connectivity index (χ0) is 21.1. The summed E-state index contributed by atoms with van der Waals surface area (Å²) in [6.07, 6.45) is 2.24. The highest BCUT2D eigenvalue weighted by molar-refractivity contribution is 7.92. The second-order valence-electron chi connectivity index (χ2n) is 7.93. The minimum atomic E-state index is -3.76. The number of sulfonamides is 1. The average molecular weight is 426 g/mol. The number of hydrogen-bond donors (Lipinski definition) is 1. The zero-order valence-electron chi connectivity index (χ0n) is 17.3. The van der Waals surface area contributed by atoms with Crippen molar-refractivity contribution in [3.05, 3.63) is 54.6 Å². The van der Waals surface area contributed by atoms with Crippen molar-refractivity contribution in [3.63, 3.8) is 0 Å². The molecule has 30 heavy (non-hydrogen) atoms. The van der Waals surface area contributed by atoms with E-state index >= 15 is 0 Å². The Bertz CT molecular complexity index is 1110. The smallest absolute Gasteiger partial charge is 0.263 e. The molecule has 0 saturated carbocycles. The highest BCUT2D eigenvalue weighted by Crippen LogP contribution is 2.28. The third kappa shape index (κ3) is 4.55. The number of likely N-dealkylation sites (tertiary alicyclic amines) is 1. The van der Waals surface area contributed by atoms with Gasteiger partial charge < -0.3 is 9.80 Å². The number of hydrogen-bond acceptors (Lipinski definition) is 6. The van der Waals surface area contributed by atoms with Crippen LogP contribution >= 0.6 is 0 Å². The van der Waals surface area contributed by atoms with Gasteiger partial charge in [-0.15, -0.1) is 0 Å². The van der Waals surface area contributed by atoms with Crippen LogP contribution < -0.4 is 9.62 Å². The second-order valence-corrected chi connectivity index (χ2v) is 9.61. The van der Waals surface area contributed by atoms with Gasteiger partial charge in [0, 0.05) is 13.6 Å². The molecule has 0 aliphatic carbocycles. The fourth-order valence-electron chi connectivity index (χ4n) is 3.83. The van der Waals surface area contributed by atoms with E-state index in [0.29, 0.717) is 17.3 Å². The van der Waals surface area contributed by atoms with Crippen LogP contribution in [0, 0.1) is 5.92 Å². The van der Waals surface area contributed by atoms with Gasteiger partial charge in [0.25, 0.3) is 10.0 Å².